The molecule has 0 saturated carbocycles. The third-order valence-electron chi connectivity index (χ3n) is 4.32. The lowest BCUT2D eigenvalue weighted by molar-refractivity contribution is -0.118. The van der Waals surface area contributed by atoms with Gasteiger partial charge in [-0.1, -0.05) is 18.2 Å². The van der Waals surface area contributed by atoms with Crippen LogP contribution >= 0.6 is 0 Å². The van der Waals surface area contributed by atoms with Crippen LogP contribution in [0.2, 0.25) is 0 Å². The molecule has 7 heteroatoms. The molecule has 0 saturated heterocycles. The molecule has 1 amide bonds. The lowest BCUT2D eigenvalue weighted by atomic mass is 10.1. The van der Waals surface area contributed by atoms with Crippen molar-refractivity contribution in [1.82, 2.24) is 9.78 Å². The van der Waals surface area contributed by atoms with Crippen molar-refractivity contribution in [3.05, 3.63) is 76.1 Å². The van der Waals surface area contributed by atoms with Gasteiger partial charge in [-0.05, 0) is 56.2 Å². The lowest BCUT2D eigenvalue weighted by Gasteiger charge is -2.12. The summed E-state index contributed by atoms with van der Waals surface area (Å²) in [6.07, 6.45) is 0. The van der Waals surface area contributed by atoms with Crippen LogP contribution in [-0.2, 0) is 4.79 Å². The van der Waals surface area contributed by atoms with Crippen molar-refractivity contribution in [3.8, 4) is 17.3 Å². The Morgan fingerprint density at radius 1 is 1.03 bits per heavy atom. The van der Waals surface area contributed by atoms with Crippen LogP contribution in [0.5, 0.6) is 11.6 Å². The Hall–Kier alpha value is -3.61. The number of ether oxygens (including phenoxy) is 2. The molecule has 1 N–H and O–H groups in total. The summed E-state index contributed by atoms with van der Waals surface area (Å²) in [6, 6.07) is 15.6. The second kappa shape index (κ2) is 9.05. The van der Waals surface area contributed by atoms with E-state index in [0.29, 0.717) is 23.7 Å². The standard InChI is InChI=1S/C22H23N3O4/c1-4-28-19-8-6-5-7-18(19)23-20(26)14-29-21-11-12-22(27)25(24-21)17-10-9-15(2)16(3)13-17/h5-13H,4,14H2,1-3H3,(H,23,26). The molecule has 0 aliphatic heterocycles. The monoisotopic (exact) mass is 393 g/mol. The zero-order valence-corrected chi connectivity index (χ0v) is 16.6. The molecule has 0 bridgehead atoms. The van der Waals surface area contributed by atoms with Gasteiger partial charge in [-0.3, -0.25) is 9.59 Å². The summed E-state index contributed by atoms with van der Waals surface area (Å²) in [7, 11) is 0. The van der Waals surface area contributed by atoms with Gasteiger partial charge < -0.3 is 14.8 Å². The minimum Gasteiger partial charge on any atom is -0.492 e. The van der Waals surface area contributed by atoms with Gasteiger partial charge >= 0.3 is 0 Å². The first kappa shape index (κ1) is 20.1. The molecule has 1 heterocycles. The number of hydrogen-bond donors (Lipinski definition) is 1. The number of carbonyl (C=O) groups excluding carboxylic acids is 1. The lowest BCUT2D eigenvalue weighted by Crippen LogP contribution is -2.24. The largest absolute Gasteiger partial charge is 0.492 e. The van der Waals surface area contributed by atoms with E-state index in [9.17, 15) is 9.59 Å². The van der Waals surface area contributed by atoms with Gasteiger partial charge in [0.2, 0.25) is 5.88 Å². The molecule has 0 aliphatic carbocycles. The fourth-order valence-electron chi connectivity index (χ4n) is 2.69. The van der Waals surface area contributed by atoms with Gasteiger partial charge in [-0.15, -0.1) is 5.10 Å². The van der Waals surface area contributed by atoms with E-state index in [-0.39, 0.29) is 24.0 Å². The number of carbonyl (C=O) groups is 1. The molecule has 0 radical (unpaired) electrons. The molecule has 2 aromatic carbocycles. The zero-order valence-electron chi connectivity index (χ0n) is 16.6. The average Bonchev–Trinajstić information content (AvgIpc) is 2.71. The summed E-state index contributed by atoms with van der Waals surface area (Å²) in [5.74, 6) is 0.406. The Morgan fingerprint density at radius 2 is 1.83 bits per heavy atom. The third kappa shape index (κ3) is 5.01. The quantitative estimate of drug-likeness (QED) is 0.666. The first-order valence-electron chi connectivity index (χ1n) is 9.30. The van der Waals surface area contributed by atoms with Crippen LogP contribution < -0.4 is 20.3 Å². The maximum Gasteiger partial charge on any atom is 0.271 e. The molecule has 1 aromatic heterocycles. The molecule has 7 nitrogen and oxygen atoms in total. The van der Waals surface area contributed by atoms with Crippen LogP contribution in [0, 0.1) is 13.8 Å². The van der Waals surface area contributed by atoms with Crippen molar-refractivity contribution in [2.45, 2.75) is 20.8 Å². The fraction of sp³-hybridized carbons (Fsp3) is 0.227. The molecule has 3 aromatic rings. The predicted molar refractivity (Wildman–Crippen MR) is 111 cm³/mol. The Kier molecular flexibility index (Phi) is 6.29. The number of amides is 1. The number of para-hydroxylation sites is 2. The Labute approximate surface area is 168 Å². The highest BCUT2D eigenvalue weighted by Crippen LogP contribution is 2.23. The van der Waals surface area contributed by atoms with E-state index < -0.39 is 0 Å². The molecule has 29 heavy (non-hydrogen) atoms. The summed E-state index contributed by atoms with van der Waals surface area (Å²) >= 11 is 0. The first-order valence-corrected chi connectivity index (χ1v) is 9.30. The Bertz CT molecular complexity index is 1080. The molecule has 0 aliphatic rings. The number of anilines is 1. The van der Waals surface area contributed by atoms with Crippen LogP contribution in [0.4, 0.5) is 5.69 Å². The van der Waals surface area contributed by atoms with Crippen LogP contribution in [0.1, 0.15) is 18.1 Å². The van der Waals surface area contributed by atoms with Crippen molar-refractivity contribution in [2.75, 3.05) is 18.5 Å². The molecule has 3 rings (SSSR count). The van der Waals surface area contributed by atoms with Crippen molar-refractivity contribution >= 4 is 11.6 Å². The van der Waals surface area contributed by atoms with Crippen molar-refractivity contribution in [2.24, 2.45) is 0 Å². The van der Waals surface area contributed by atoms with E-state index in [2.05, 4.69) is 10.4 Å². The van der Waals surface area contributed by atoms with Gasteiger partial charge in [0.15, 0.2) is 6.61 Å². The highest BCUT2D eigenvalue weighted by Gasteiger charge is 2.10. The second-order valence-corrected chi connectivity index (χ2v) is 6.46. The summed E-state index contributed by atoms with van der Waals surface area (Å²) < 4.78 is 12.2. The number of nitrogens with zero attached hydrogens (tertiary/aromatic N) is 2. The maximum absolute atomic E-state index is 12.3. The summed E-state index contributed by atoms with van der Waals surface area (Å²) in [5, 5.41) is 6.97. The normalized spacial score (nSPS) is 10.4. The summed E-state index contributed by atoms with van der Waals surface area (Å²) in [5.41, 5.74) is 3.10. The van der Waals surface area contributed by atoms with Crippen molar-refractivity contribution in [1.29, 1.82) is 0 Å². The number of hydrogen-bond acceptors (Lipinski definition) is 5. The molecular weight excluding hydrogens is 370 g/mol. The minimum absolute atomic E-state index is 0.177. The number of nitrogens with one attached hydrogen (secondary N) is 1. The van der Waals surface area contributed by atoms with Crippen molar-refractivity contribution < 1.29 is 14.3 Å². The fourth-order valence-corrected chi connectivity index (χ4v) is 2.69. The van der Waals surface area contributed by atoms with Gasteiger partial charge in [-0.25, -0.2) is 0 Å². The van der Waals surface area contributed by atoms with Crippen LogP contribution in [0.15, 0.2) is 59.4 Å². The van der Waals surface area contributed by atoms with E-state index in [4.69, 9.17) is 9.47 Å². The average molecular weight is 393 g/mol. The molecular formula is C22H23N3O4. The first-order chi connectivity index (χ1) is 14.0. The number of rotatable bonds is 7. The molecule has 150 valence electrons. The zero-order chi connectivity index (χ0) is 20.8. The summed E-state index contributed by atoms with van der Waals surface area (Å²) in [6.45, 7) is 6.08. The van der Waals surface area contributed by atoms with Crippen LogP contribution in [0.25, 0.3) is 5.69 Å². The molecule has 0 unspecified atom stereocenters. The predicted octanol–water partition coefficient (Wildman–Crippen LogP) is 3.27. The second-order valence-electron chi connectivity index (χ2n) is 6.46. The number of aromatic nitrogens is 2. The van der Waals surface area contributed by atoms with E-state index in [1.165, 1.54) is 16.8 Å². The van der Waals surface area contributed by atoms with E-state index in [0.717, 1.165) is 11.1 Å². The molecule has 0 atom stereocenters. The number of aryl methyl sites for hydroxylation is 2. The van der Waals surface area contributed by atoms with Crippen LogP contribution in [0.3, 0.4) is 0 Å². The Morgan fingerprint density at radius 3 is 2.59 bits per heavy atom. The third-order valence-corrected chi connectivity index (χ3v) is 4.32. The highest BCUT2D eigenvalue weighted by atomic mass is 16.5. The van der Waals surface area contributed by atoms with Gasteiger partial charge in [0.1, 0.15) is 5.75 Å². The maximum atomic E-state index is 12.3. The minimum atomic E-state index is -0.358. The smallest absolute Gasteiger partial charge is 0.271 e. The topological polar surface area (TPSA) is 82.5 Å². The summed E-state index contributed by atoms with van der Waals surface area (Å²) in [4.78, 5) is 24.5. The van der Waals surface area contributed by atoms with E-state index >= 15 is 0 Å². The van der Waals surface area contributed by atoms with E-state index in [1.54, 1.807) is 18.2 Å². The van der Waals surface area contributed by atoms with Gasteiger partial charge in [0.25, 0.3) is 11.5 Å². The molecule has 0 fully saturated rings. The Balaban J connectivity index is 1.70. The van der Waals surface area contributed by atoms with E-state index in [1.807, 2.05) is 45.0 Å². The van der Waals surface area contributed by atoms with Gasteiger partial charge in [0, 0.05) is 12.1 Å². The van der Waals surface area contributed by atoms with Crippen molar-refractivity contribution in [3.63, 3.8) is 0 Å². The SMILES string of the molecule is CCOc1ccccc1NC(=O)COc1ccc(=O)n(-c2ccc(C)c(C)c2)n1. The molecule has 0 spiro atoms. The van der Waals surface area contributed by atoms with Gasteiger partial charge in [0.05, 0.1) is 18.0 Å². The highest BCUT2D eigenvalue weighted by molar-refractivity contribution is 5.93. The number of benzene rings is 2. The van der Waals surface area contributed by atoms with Gasteiger partial charge in [-0.2, -0.15) is 4.68 Å². The van der Waals surface area contributed by atoms with Crippen LogP contribution in [-0.4, -0.2) is 28.9 Å².